The molecule has 204 valence electrons. The van der Waals surface area contributed by atoms with E-state index in [1.54, 1.807) is 6.08 Å². The molecule has 0 bridgehead atoms. The number of nitrogens with zero attached hydrogens (tertiary/aromatic N) is 1. The molecule has 4 nitrogen and oxygen atoms in total. The third-order valence-corrected chi connectivity index (χ3v) is 6.57. The van der Waals surface area contributed by atoms with Gasteiger partial charge in [0.2, 0.25) is 0 Å². The molecule has 1 aliphatic rings. The third kappa shape index (κ3) is 10.9. The minimum absolute atomic E-state index is 0.304. The van der Waals surface area contributed by atoms with E-state index in [-0.39, 0.29) is 11.9 Å². The molecule has 1 aliphatic heterocycles. The Morgan fingerprint density at radius 1 is 0.816 bits per heavy atom. The van der Waals surface area contributed by atoms with Crippen molar-refractivity contribution >= 4 is 12.0 Å². The Labute approximate surface area is 230 Å². The molecule has 0 aromatic heterocycles. The van der Waals surface area contributed by atoms with Crippen molar-refractivity contribution in [3.05, 3.63) is 108 Å². The lowest BCUT2D eigenvalue weighted by molar-refractivity contribution is -0.125. The number of hydrogen-bond donors (Lipinski definition) is 0. The summed E-state index contributed by atoms with van der Waals surface area (Å²) in [5.74, 6) is -0.304. The lowest BCUT2D eigenvalue weighted by atomic mass is 10.0. The van der Waals surface area contributed by atoms with E-state index in [1.807, 2.05) is 86.7 Å². The zero-order chi connectivity index (χ0) is 27.4. The van der Waals surface area contributed by atoms with Crippen molar-refractivity contribution in [2.75, 3.05) is 0 Å². The molecule has 38 heavy (non-hydrogen) atoms. The van der Waals surface area contributed by atoms with Crippen molar-refractivity contribution in [3.63, 3.8) is 0 Å². The molecule has 0 N–H and O–H groups in total. The number of rotatable bonds is 16. The van der Waals surface area contributed by atoms with Gasteiger partial charge in [-0.2, -0.15) is 0 Å². The van der Waals surface area contributed by atoms with E-state index < -0.39 is 12.2 Å². The van der Waals surface area contributed by atoms with Gasteiger partial charge in [-0.3, -0.25) is 4.79 Å². The Morgan fingerprint density at radius 2 is 1.39 bits per heavy atom. The van der Waals surface area contributed by atoms with E-state index in [9.17, 15) is 9.59 Å². The largest absolute Gasteiger partial charge is 0.439 e. The first-order valence-corrected chi connectivity index (χ1v) is 14.2. The van der Waals surface area contributed by atoms with Gasteiger partial charge in [0.15, 0.2) is 0 Å². The van der Waals surface area contributed by atoms with Gasteiger partial charge in [0.25, 0.3) is 5.91 Å². The monoisotopic (exact) mass is 515 g/mol. The number of ether oxygens (including phenoxy) is 1. The number of carbonyl (C=O) groups is 2. The van der Waals surface area contributed by atoms with Crippen LogP contribution in [0.4, 0.5) is 4.79 Å². The Morgan fingerprint density at radius 3 is 2.03 bits per heavy atom. The SMILES string of the molecule is CCCCCCCCC/C=C/C=C/C=C/C=C/C=C/C=C(\CC)C(=O)N1C(=O)O[C@H](c2ccccc2)[C@@H]1C. The molecule has 1 aromatic rings. The van der Waals surface area contributed by atoms with Crippen LogP contribution in [0.25, 0.3) is 0 Å². The molecule has 1 saturated heterocycles. The van der Waals surface area contributed by atoms with Crippen molar-refractivity contribution < 1.29 is 14.3 Å². The Bertz CT molecular complexity index is 1010. The second-order valence-corrected chi connectivity index (χ2v) is 9.55. The van der Waals surface area contributed by atoms with Crippen LogP contribution in [-0.2, 0) is 9.53 Å². The van der Waals surface area contributed by atoms with Gasteiger partial charge in [-0.1, -0.05) is 150 Å². The average molecular weight is 516 g/mol. The first-order chi connectivity index (χ1) is 18.6. The minimum Gasteiger partial charge on any atom is -0.439 e. The lowest BCUT2D eigenvalue weighted by Crippen LogP contribution is -2.38. The molecule has 0 radical (unpaired) electrons. The fourth-order valence-electron chi connectivity index (χ4n) is 4.33. The summed E-state index contributed by atoms with van der Waals surface area (Å²) in [6.45, 7) is 6.01. The van der Waals surface area contributed by atoms with E-state index in [2.05, 4.69) is 25.2 Å². The number of imide groups is 1. The van der Waals surface area contributed by atoms with E-state index in [1.165, 1.54) is 49.8 Å². The van der Waals surface area contributed by atoms with Gasteiger partial charge < -0.3 is 4.74 Å². The van der Waals surface area contributed by atoms with Crippen LogP contribution in [0.5, 0.6) is 0 Å². The number of amides is 2. The van der Waals surface area contributed by atoms with Crippen LogP contribution >= 0.6 is 0 Å². The minimum atomic E-state index is -0.592. The number of unbranched alkanes of at least 4 members (excludes halogenated alkanes) is 7. The standard InChI is InChI=1S/C34H45NO3/c1-4-6-7-8-9-10-11-12-13-14-15-16-17-18-19-20-21-23-26-30(5-2)33(36)35-29(3)32(38-34(35)37)31-27-24-22-25-28-31/h13-29,32H,4-12H2,1-3H3/b14-13+,16-15+,18-17+,20-19+,23-21+,30-26+/t29-,32-/m0/s1. The zero-order valence-electron chi connectivity index (χ0n) is 23.4. The first-order valence-electron chi connectivity index (χ1n) is 14.2. The summed E-state index contributed by atoms with van der Waals surface area (Å²) in [6.07, 6.45) is 31.7. The van der Waals surface area contributed by atoms with Crippen molar-refractivity contribution in [2.45, 2.75) is 90.7 Å². The highest BCUT2D eigenvalue weighted by molar-refractivity contribution is 6.03. The normalized spacial score (nSPS) is 18.8. The van der Waals surface area contributed by atoms with Crippen molar-refractivity contribution in [1.29, 1.82) is 0 Å². The van der Waals surface area contributed by atoms with Crippen LogP contribution in [0.15, 0.2) is 103 Å². The molecular formula is C34H45NO3. The van der Waals surface area contributed by atoms with E-state index >= 15 is 0 Å². The maximum atomic E-state index is 13.1. The van der Waals surface area contributed by atoms with Crippen LogP contribution in [0.2, 0.25) is 0 Å². The first kappa shape index (κ1) is 30.8. The average Bonchev–Trinajstić information content (AvgIpc) is 3.23. The summed E-state index contributed by atoms with van der Waals surface area (Å²) in [7, 11) is 0. The van der Waals surface area contributed by atoms with Crippen LogP contribution < -0.4 is 0 Å². The highest BCUT2D eigenvalue weighted by atomic mass is 16.6. The molecule has 1 fully saturated rings. The van der Waals surface area contributed by atoms with Crippen LogP contribution in [0.1, 0.15) is 90.2 Å². The summed E-state index contributed by atoms with van der Waals surface area (Å²) in [6, 6.07) is 9.16. The third-order valence-electron chi connectivity index (χ3n) is 6.57. The fraction of sp³-hybridized carbons (Fsp3) is 0.412. The molecule has 1 heterocycles. The molecule has 2 rings (SSSR count). The number of cyclic esters (lactones) is 1. The molecule has 0 unspecified atom stereocenters. The quantitative estimate of drug-likeness (QED) is 0.125. The smallest absolute Gasteiger partial charge is 0.417 e. The maximum Gasteiger partial charge on any atom is 0.417 e. The van der Waals surface area contributed by atoms with Gasteiger partial charge in [0.05, 0.1) is 6.04 Å². The van der Waals surface area contributed by atoms with Crippen molar-refractivity contribution in [2.24, 2.45) is 0 Å². The van der Waals surface area contributed by atoms with Crippen LogP contribution in [0, 0.1) is 0 Å². The predicted octanol–water partition coefficient (Wildman–Crippen LogP) is 9.35. The van der Waals surface area contributed by atoms with Gasteiger partial charge in [0.1, 0.15) is 6.10 Å². The van der Waals surface area contributed by atoms with Crippen LogP contribution in [-0.4, -0.2) is 22.9 Å². The Balaban J connectivity index is 1.73. The molecule has 1 aromatic carbocycles. The highest BCUT2D eigenvalue weighted by Crippen LogP contribution is 2.33. The zero-order valence-corrected chi connectivity index (χ0v) is 23.4. The van der Waals surface area contributed by atoms with Gasteiger partial charge in [-0.25, -0.2) is 9.69 Å². The highest BCUT2D eigenvalue weighted by Gasteiger charge is 2.43. The summed E-state index contributed by atoms with van der Waals surface area (Å²) >= 11 is 0. The molecule has 2 amide bonds. The maximum absolute atomic E-state index is 13.1. The molecule has 2 atom stereocenters. The number of allylic oxidation sites excluding steroid dienone is 11. The van der Waals surface area contributed by atoms with Crippen LogP contribution in [0.3, 0.4) is 0 Å². The Kier molecular flexibility index (Phi) is 15.2. The van der Waals surface area contributed by atoms with Gasteiger partial charge in [0, 0.05) is 5.57 Å². The fourth-order valence-corrected chi connectivity index (χ4v) is 4.33. The van der Waals surface area contributed by atoms with Crippen molar-refractivity contribution in [3.8, 4) is 0 Å². The summed E-state index contributed by atoms with van der Waals surface area (Å²) in [5.41, 5.74) is 1.45. The summed E-state index contributed by atoms with van der Waals surface area (Å²) < 4.78 is 5.52. The topological polar surface area (TPSA) is 46.6 Å². The molecule has 0 aliphatic carbocycles. The van der Waals surface area contributed by atoms with Gasteiger partial charge in [-0.15, -0.1) is 0 Å². The predicted molar refractivity (Wildman–Crippen MR) is 159 cm³/mol. The lowest BCUT2D eigenvalue weighted by Gasteiger charge is -2.20. The molecular weight excluding hydrogens is 470 g/mol. The second-order valence-electron chi connectivity index (χ2n) is 9.55. The van der Waals surface area contributed by atoms with E-state index in [0.29, 0.717) is 12.0 Å². The van der Waals surface area contributed by atoms with E-state index in [4.69, 9.17) is 4.74 Å². The van der Waals surface area contributed by atoms with Gasteiger partial charge in [-0.05, 0) is 31.7 Å². The molecule has 0 saturated carbocycles. The molecule has 4 heteroatoms. The number of benzene rings is 1. The summed E-state index contributed by atoms with van der Waals surface area (Å²) in [4.78, 5) is 26.8. The van der Waals surface area contributed by atoms with Gasteiger partial charge >= 0.3 is 6.09 Å². The van der Waals surface area contributed by atoms with E-state index in [0.717, 1.165) is 12.0 Å². The Hall–Kier alpha value is -3.40. The summed E-state index contributed by atoms with van der Waals surface area (Å²) in [5, 5.41) is 0. The van der Waals surface area contributed by atoms with Crippen molar-refractivity contribution in [1.82, 2.24) is 4.90 Å². The number of carbonyl (C=O) groups excluding carboxylic acids is 2. The number of hydrogen-bond acceptors (Lipinski definition) is 3. The molecule has 0 spiro atoms. The second kappa shape index (κ2) is 18.8.